The van der Waals surface area contributed by atoms with E-state index >= 15 is 0 Å². The van der Waals surface area contributed by atoms with E-state index in [1.165, 1.54) is 0 Å². The maximum atomic E-state index is 11.9. The Bertz CT molecular complexity index is 2680. The molecule has 6 aromatic rings. The molecule has 0 unspecified atom stereocenters. The Balaban J connectivity index is 1.66. The van der Waals surface area contributed by atoms with Crippen LogP contribution in [0.5, 0.6) is 23.0 Å². The van der Waals surface area contributed by atoms with Crippen molar-refractivity contribution in [1.82, 2.24) is 0 Å². The average Bonchev–Trinajstić information content (AvgIpc) is 3.26. The second-order valence-corrected chi connectivity index (χ2v) is 33.1. The molecule has 76 heavy (non-hydrogen) atoms. The lowest BCUT2D eigenvalue weighted by atomic mass is 9.79. The highest BCUT2D eigenvalue weighted by Crippen LogP contribution is 2.65. The van der Waals surface area contributed by atoms with Crippen molar-refractivity contribution in [2.45, 2.75) is 209 Å². The van der Waals surface area contributed by atoms with Crippen molar-refractivity contribution in [3.8, 4) is 34.1 Å². The Morgan fingerprint density at radius 1 is 0.250 bits per heavy atom. The number of hydrogen-bond acceptors (Lipinski definition) is 6. The van der Waals surface area contributed by atoms with Crippen molar-refractivity contribution >= 4 is 26.5 Å². The van der Waals surface area contributed by atoms with Gasteiger partial charge in [-0.2, -0.15) is 9.79 Å². The molecule has 410 valence electrons. The maximum absolute atomic E-state index is 11.9. The van der Waals surface area contributed by atoms with Crippen molar-refractivity contribution in [3.63, 3.8) is 0 Å². The van der Waals surface area contributed by atoms with Gasteiger partial charge >= 0.3 is 15.9 Å². The predicted octanol–water partition coefficient (Wildman–Crippen LogP) is 18.8. The van der Waals surface area contributed by atoms with Crippen LogP contribution in [-0.4, -0.2) is 9.79 Å². The molecular formula is C68H94O6P2+2. The Labute approximate surface area is 461 Å². The van der Waals surface area contributed by atoms with E-state index in [-0.39, 0.29) is 43.3 Å². The van der Waals surface area contributed by atoms with Crippen LogP contribution in [0.1, 0.15) is 211 Å². The molecule has 0 fully saturated rings. The fraction of sp³-hybridized carbons (Fsp3) is 0.471. The highest BCUT2D eigenvalue weighted by atomic mass is 31.2. The maximum Gasteiger partial charge on any atom is 0.580 e. The lowest BCUT2D eigenvalue weighted by Crippen LogP contribution is -2.32. The molecule has 0 spiro atoms. The molecule has 0 bridgehead atoms. The summed E-state index contributed by atoms with van der Waals surface area (Å²) in [6, 6.07) is 41.4. The van der Waals surface area contributed by atoms with Crippen LogP contribution in [0.15, 0.2) is 121 Å². The molecule has 0 aliphatic carbocycles. The Kier molecular flexibility index (Phi) is 16.6. The van der Waals surface area contributed by atoms with Gasteiger partial charge in [0.15, 0.2) is 28.3 Å². The number of benzene rings is 6. The average molecular weight is 1070 g/mol. The first kappa shape index (κ1) is 60.5. The van der Waals surface area contributed by atoms with Gasteiger partial charge in [-0.15, -0.1) is 0 Å². The lowest BCUT2D eigenvalue weighted by Gasteiger charge is -2.35. The van der Waals surface area contributed by atoms with E-state index in [2.05, 4.69) is 245 Å². The van der Waals surface area contributed by atoms with Crippen molar-refractivity contribution in [1.29, 1.82) is 0 Å². The van der Waals surface area contributed by atoms with Gasteiger partial charge in [-0.3, -0.25) is 18.1 Å². The van der Waals surface area contributed by atoms with E-state index < -0.39 is 15.9 Å². The molecule has 0 radical (unpaired) electrons. The summed E-state index contributed by atoms with van der Waals surface area (Å²) in [6.45, 7) is 53.0. The molecule has 0 heterocycles. The van der Waals surface area contributed by atoms with Crippen LogP contribution in [0.2, 0.25) is 0 Å². The van der Waals surface area contributed by atoms with E-state index in [1.54, 1.807) is 12.1 Å². The molecule has 0 aliphatic heterocycles. The van der Waals surface area contributed by atoms with Crippen LogP contribution in [0, 0.1) is 0 Å². The van der Waals surface area contributed by atoms with E-state index in [9.17, 15) is 9.79 Å². The zero-order chi connectivity index (χ0) is 57.2. The molecule has 0 saturated carbocycles. The van der Waals surface area contributed by atoms with Crippen molar-refractivity contribution < 1.29 is 27.9 Å². The SMILES string of the molecule is CC(C)(C)c1cccc(C(C)(C)C)c1O[P+](O)(O)c1ccc(-c2ccc([P+](Oc3c(C(C)(C)C)cccc3C(C)(C)C)(Oc3c(C(C)(C)C)cccc3C(C)(C)C)Oc3c(C(C)(C)C)cccc3C(C)(C)C)cc2)cc1. The third-order valence-corrected chi connectivity index (χ3v) is 17.7. The minimum atomic E-state index is -4.09. The van der Waals surface area contributed by atoms with Gasteiger partial charge in [0.1, 0.15) is 0 Å². The monoisotopic (exact) mass is 1070 g/mol. The number of para-hydroxylation sites is 4. The summed E-state index contributed by atoms with van der Waals surface area (Å²) in [5, 5.41) is 1.09. The van der Waals surface area contributed by atoms with Gasteiger partial charge in [0.05, 0.1) is 0 Å². The normalized spacial score (nSPS) is 13.7. The van der Waals surface area contributed by atoms with Gasteiger partial charge in [0.25, 0.3) is 0 Å². The molecule has 0 aromatic heterocycles. The Morgan fingerprint density at radius 3 is 0.632 bits per heavy atom. The minimum Gasteiger partial charge on any atom is -0.280 e. The van der Waals surface area contributed by atoms with Gasteiger partial charge in [-0.1, -0.05) is 263 Å². The third kappa shape index (κ3) is 13.4. The summed E-state index contributed by atoms with van der Waals surface area (Å²) < 4.78 is 30.7. The zero-order valence-electron chi connectivity index (χ0n) is 51.0. The van der Waals surface area contributed by atoms with Crippen molar-refractivity contribution in [3.05, 3.63) is 166 Å². The smallest absolute Gasteiger partial charge is 0.280 e. The topological polar surface area (TPSA) is 77.4 Å². The quantitative estimate of drug-likeness (QED) is 0.126. The fourth-order valence-electron chi connectivity index (χ4n) is 9.71. The van der Waals surface area contributed by atoms with Gasteiger partial charge < -0.3 is 0 Å². The van der Waals surface area contributed by atoms with Crippen LogP contribution in [0.4, 0.5) is 0 Å². The molecule has 0 saturated heterocycles. The standard InChI is InChI=1S/C68H94O6P2/c1-61(2,3)49-29-25-30-50(62(4,5)6)57(49)71-75(69,70)47-41-37-45(38-42-47)46-39-43-48(44-40-46)76(72-58-51(63(7,8)9)31-26-32-52(58)64(10,11)12,73-59-53(65(13,14)15)33-27-34-54(59)66(16,17)18)74-60-55(67(19,20)21)35-28-36-56(60)68(22,23)24/h25-44,69-70H,1-24H3/q+2. The highest BCUT2D eigenvalue weighted by molar-refractivity contribution is 7.70. The lowest BCUT2D eigenvalue weighted by molar-refractivity contribution is 0.341. The largest absolute Gasteiger partial charge is 0.580 e. The van der Waals surface area contributed by atoms with Crippen molar-refractivity contribution in [2.75, 3.05) is 0 Å². The molecule has 0 amide bonds. The molecule has 6 nitrogen and oxygen atoms in total. The molecule has 0 atom stereocenters. The van der Waals surface area contributed by atoms with Gasteiger partial charge in [-0.25, -0.2) is 0 Å². The third-order valence-electron chi connectivity index (χ3n) is 14.1. The Hall–Kier alpha value is -4.70. The minimum absolute atomic E-state index is 0.297. The molecular weight excluding hydrogens is 975 g/mol. The summed E-state index contributed by atoms with van der Waals surface area (Å²) in [4.78, 5) is 23.8. The van der Waals surface area contributed by atoms with Crippen LogP contribution >= 0.6 is 15.9 Å². The van der Waals surface area contributed by atoms with Crippen LogP contribution < -0.4 is 28.7 Å². The zero-order valence-corrected chi connectivity index (χ0v) is 52.8. The Morgan fingerprint density at radius 2 is 0.434 bits per heavy atom. The summed E-state index contributed by atoms with van der Waals surface area (Å²) in [6.07, 6.45) is 0. The molecule has 2 N–H and O–H groups in total. The van der Waals surface area contributed by atoms with E-state index in [0.717, 1.165) is 78.2 Å². The number of rotatable bonds is 11. The first-order valence-electron chi connectivity index (χ1n) is 27.3. The first-order valence-corrected chi connectivity index (χ1v) is 30.4. The fourth-order valence-corrected chi connectivity index (χ4v) is 13.1. The molecule has 8 heteroatoms. The predicted molar refractivity (Wildman–Crippen MR) is 327 cm³/mol. The van der Waals surface area contributed by atoms with Gasteiger partial charge in [0, 0.05) is 44.5 Å². The van der Waals surface area contributed by atoms with Crippen LogP contribution in [-0.2, 0) is 43.3 Å². The molecule has 6 rings (SSSR count). The highest BCUT2D eigenvalue weighted by Gasteiger charge is 2.58. The second-order valence-electron chi connectivity index (χ2n) is 29.2. The molecule has 6 aromatic carbocycles. The second kappa shape index (κ2) is 20.8. The summed E-state index contributed by atoms with van der Waals surface area (Å²) >= 11 is 0. The van der Waals surface area contributed by atoms with E-state index in [0.29, 0.717) is 11.1 Å². The summed E-state index contributed by atoms with van der Waals surface area (Å²) in [5.74, 6) is 2.80. The van der Waals surface area contributed by atoms with E-state index in [4.69, 9.17) is 18.1 Å². The molecule has 0 aliphatic rings. The van der Waals surface area contributed by atoms with Crippen molar-refractivity contribution in [2.24, 2.45) is 0 Å². The number of hydrogen-bond donors (Lipinski definition) is 2. The summed E-state index contributed by atoms with van der Waals surface area (Å²) in [5.41, 5.74) is 7.48. The first-order chi connectivity index (χ1) is 34.5. The summed E-state index contributed by atoms with van der Waals surface area (Å²) in [7, 11) is -7.97. The van der Waals surface area contributed by atoms with Crippen LogP contribution in [0.3, 0.4) is 0 Å². The van der Waals surface area contributed by atoms with E-state index in [1.807, 2.05) is 30.3 Å². The van der Waals surface area contributed by atoms with Crippen LogP contribution in [0.25, 0.3) is 11.1 Å². The van der Waals surface area contributed by atoms with Gasteiger partial charge in [0.2, 0.25) is 5.30 Å². The van der Waals surface area contributed by atoms with Gasteiger partial charge in [-0.05, 0) is 78.7 Å².